The summed E-state index contributed by atoms with van der Waals surface area (Å²) in [5.41, 5.74) is 1.42. The maximum Gasteiger partial charge on any atom is -0.00529 e. The van der Waals surface area contributed by atoms with Gasteiger partial charge in [-0.2, -0.15) is 0 Å². The summed E-state index contributed by atoms with van der Waals surface area (Å²) in [5, 5.41) is 0. The van der Waals surface area contributed by atoms with E-state index in [1.165, 1.54) is 18.4 Å². The molecule has 0 heteroatoms. The van der Waals surface area contributed by atoms with Gasteiger partial charge < -0.3 is 0 Å². The minimum atomic E-state index is 0.736. The van der Waals surface area contributed by atoms with E-state index in [9.17, 15) is 0 Å². The van der Waals surface area contributed by atoms with E-state index in [2.05, 4.69) is 13.0 Å². The van der Waals surface area contributed by atoms with Crippen molar-refractivity contribution in [3.05, 3.63) is 18.6 Å². The van der Waals surface area contributed by atoms with Crippen LogP contribution >= 0.6 is 0 Å². The zero-order valence-corrected chi connectivity index (χ0v) is 4.28. The fourth-order valence-corrected chi connectivity index (χ4v) is 1.32. The van der Waals surface area contributed by atoms with Crippen LogP contribution in [0.3, 0.4) is 0 Å². The monoisotopic (exact) mass is 92.1 g/mol. The third-order valence-corrected chi connectivity index (χ3v) is 1.90. The average molecular weight is 92.1 g/mol. The summed E-state index contributed by atoms with van der Waals surface area (Å²) < 4.78 is 0. The first kappa shape index (κ1) is 3.71. The Balaban J connectivity index is 2.21. The van der Waals surface area contributed by atoms with Gasteiger partial charge in [0.05, 0.1) is 0 Å². The maximum absolute atomic E-state index is 3.91. The van der Waals surface area contributed by atoms with Crippen LogP contribution in [0, 0.1) is 18.3 Å². The molecule has 2 unspecified atom stereocenters. The third-order valence-electron chi connectivity index (χ3n) is 1.90. The predicted octanol–water partition coefficient (Wildman–Crippen LogP) is 1.66. The average Bonchev–Trinajstić information content (AvgIpc) is 2.33. The van der Waals surface area contributed by atoms with E-state index in [1.807, 2.05) is 0 Å². The lowest BCUT2D eigenvalue weighted by atomic mass is 10.2. The van der Waals surface area contributed by atoms with Crippen molar-refractivity contribution >= 4 is 0 Å². The summed E-state index contributed by atoms with van der Waals surface area (Å²) in [6.07, 6.45) is 5.92. The summed E-state index contributed by atoms with van der Waals surface area (Å²) >= 11 is 0. The highest BCUT2D eigenvalue weighted by atomic mass is 14.5. The van der Waals surface area contributed by atoms with Gasteiger partial charge in [0.1, 0.15) is 0 Å². The lowest BCUT2D eigenvalue weighted by molar-refractivity contribution is 0.817. The van der Waals surface area contributed by atoms with Crippen molar-refractivity contribution in [2.24, 2.45) is 11.8 Å². The second-order valence-electron chi connectivity index (χ2n) is 2.45. The van der Waals surface area contributed by atoms with Gasteiger partial charge in [0.2, 0.25) is 0 Å². The second kappa shape index (κ2) is 0.936. The molecule has 0 aromatic heterocycles. The van der Waals surface area contributed by atoms with E-state index >= 15 is 0 Å². The van der Waals surface area contributed by atoms with Crippen molar-refractivity contribution in [3.8, 4) is 0 Å². The Morgan fingerprint density at radius 3 is 2.71 bits per heavy atom. The molecule has 0 amide bonds. The largest absolute Gasteiger partial charge is 0.0995 e. The molecule has 0 bridgehead atoms. The fourth-order valence-electron chi connectivity index (χ4n) is 1.32. The predicted molar refractivity (Wildman–Crippen MR) is 28.6 cm³/mol. The molecule has 0 N–H and O–H groups in total. The molecular weight excluding hydrogens is 84.1 g/mol. The van der Waals surface area contributed by atoms with Crippen LogP contribution in [0.25, 0.3) is 0 Å². The highest BCUT2D eigenvalue weighted by molar-refractivity contribution is 5.27. The van der Waals surface area contributed by atoms with Gasteiger partial charge in [0.15, 0.2) is 0 Å². The highest BCUT2D eigenvalue weighted by Crippen LogP contribution is 2.53. The van der Waals surface area contributed by atoms with Crippen LogP contribution in [0.4, 0.5) is 0 Å². The Labute approximate surface area is 44.2 Å². The quantitative estimate of drug-likeness (QED) is 0.399. The van der Waals surface area contributed by atoms with Crippen molar-refractivity contribution in [1.29, 1.82) is 0 Å². The number of hydrogen-bond acceptors (Lipinski definition) is 0. The zero-order chi connectivity index (χ0) is 4.85. The third kappa shape index (κ3) is 0.370. The van der Waals surface area contributed by atoms with E-state index in [0.29, 0.717) is 0 Å². The number of fused-ring (bicyclic) bond motifs is 1. The normalized spacial score (nSPS) is 46.6. The van der Waals surface area contributed by atoms with Crippen LogP contribution in [0.2, 0.25) is 0 Å². The highest BCUT2D eigenvalue weighted by Gasteiger charge is 2.44. The molecule has 2 rings (SSSR count). The van der Waals surface area contributed by atoms with Crippen molar-refractivity contribution in [2.45, 2.75) is 12.8 Å². The molecule has 2 aliphatic rings. The number of rotatable bonds is 0. The topological polar surface area (TPSA) is 0 Å². The smallest absolute Gasteiger partial charge is 0.00529 e. The van der Waals surface area contributed by atoms with Crippen LogP contribution in [-0.2, 0) is 0 Å². The standard InChI is InChI=1S/C7H8/c1-5-2-3-6-4-7(5)6/h6-7H,1-3H2. The lowest BCUT2D eigenvalue weighted by Crippen LogP contribution is -1.72. The molecule has 2 saturated carbocycles. The van der Waals surface area contributed by atoms with Gasteiger partial charge >= 0.3 is 0 Å². The summed E-state index contributed by atoms with van der Waals surface area (Å²) in [6.45, 7) is 3.91. The molecule has 2 radical (unpaired) electrons. The molecule has 0 spiro atoms. The van der Waals surface area contributed by atoms with E-state index < -0.39 is 0 Å². The fraction of sp³-hybridized carbons (Fsp3) is 0.571. The summed E-state index contributed by atoms with van der Waals surface area (Å²) in [7, 11) is 0. The lowest BCUT2D eigenvalue weighted by Gasteiger charge is -1.88. The van der Waals surface area contributed by atoms with E-state index in [4.69, 9.17) is 0 Å². The Hall–Kier alpha value is -0.260. The summed E-state index contributed by atoms with van der Waals surface area (Å²) in [4.78, 5) is 0. The SMILES string of the molecule is C=C1CCC2[C]C12. The number of hydrogen-bond donors (Lipinski definition) is 0. The summed E-state index contributed by atoms with van der Waals surface area (Å²) in [5.74, 6) is 1.58. The van der Waals surface area contributed by atoms with E-state index in [1.54, 1.807) is 0 Å². The van der Waals surface area contributed by atoms with Crippen LogP contribution < -0.4 is 0 Å². The van der Waals surface area contributed by atoms with Crippen LogP contribution in [-0.4, -0.2) is 0 Å². The first-order valence-corrected chi connectivity index (χ1v) is 2.81. The first-order valence-electron chi connectivity index (χ1n) is 2.81. The van der Waals surface area contributed by atoms with E-state index in [-0.39, 0.29) is 0 Å². The molecular formula is C7H8. The minimum absolute atomic E-state index is 0.736. The molecule has 0 aromatic carbocycles. The van der Waals surface area contributed by atoms with Crippen molar-refractivity contribution in [3.63, 3.8) is 0 Å². The molecule has 0 saturated heterocycles. The Morgan fingerprint density at radius 2 is 2.57 bits per heavy atom. The number of allylic oxidation sites excluding steroid dienone is 1. The first-order chi connectivity index (χ1) is 3.38. The molecule has 0 nitrogen and oxygen atoms in total. The van der Waals surface area contributed by atoms with Gasteiger partial charge in [-0.15, -0.1) is 0 Å². The minimum Gasteiger partial charge on any atom is -0.0995 e. The molecule has 2 fully saturated rings. The van der Waals surface area contributed by atoms with Gasteiger partial charge in [-0.3, -0.25) is 0 Å². The van der Waals surface area contributed by atoms with Crippen molar-refractivity contribution in [1.82, 2.24) is 0 Å². The van der Waals surface area contributed by atoms with Gasteiger partial charge in [0.25, 0.3) is 0 Å². The zero-order valence-electron chi connectivity index (χ0n) is 4.28. The second-order valence-corrected chi connectivity index (χ2v) is 2.45. The van der Waals surface area contributed by atoms with E-state index in [0.717, 1.165) is 11.8 Å². The maximum atomic E-state index is 3.91. The molecule has 7 heavy (non-hydrogen) atoms. The molecule has 2 aliphatic carbocycles. The molecule has 2 atom stereocenters. The van der Waals surface area contributed by atoms with Gasteiger partial charge in [-0.1, -0.05) is 12.2 Å². The van der Waals surface area contributed by atoms with Crippen LogP contribution in [0.15, 0.2) is 12.2 Å². The molecule has 0 aliphatic heterocycles. The van der Waals surface area contributed by atoms with Crippen molar-refractivity contribution < 1.29 is 0 Å². The molecule has 36 valence electrons. The Bertz CT molecular complexity index is 113. The van der Waals surface area contributed by atoms with Gasteiger partial charge in [-0.05, 0) is 31.1 Å². The Morgan fingerprint density at radius 1 is 1.71 bits per heavy atom. The van der Waals surface area contributed by atoms with Crippen molar-refractivity contribution in [2.75, 3.05) is 0 Å². The van der Waals surface area contributed by atoms with Gasteiger partial charge in [0, 0.05) is 0 Å². The molecule has 0 heterocycles. The van der Waals surface area contributed by atoms with Crippen LogP contribution in [0.1, 0.15) is 12.8 Å². The van der Waals surface area contributed by atoms with Gasteiger partial charge in [-0.25, -0.2) is 0 Å². The van der Waals surface area contributed by atoms with Crippen LogP contribution in [0.5, 0.6) is 0 Å². The Kier molecular flexibility index (Phi) is 0.495. The molecule has 0 aromatic rings. The summed E-state index contributed by atoms with van der Waals surface area (Å²) in [6, 6.07) is 0.